The molecular formula is C20H26FN3O3S. The second kappa shape index (κ2) is 9.41. The lowest BCUT2D eigenvalue weighted by Gasteiger charge is -2.32. The van der Waals surface area contributed by atoms with E-state index in [1.165, 1.54) is 43.2 Å². The summed E-state index contributed by atoms with van der Waals surface area (Å²) in [5.74, 6) is 0.576. The van der Waals surface area contributed by atoms with Crippen LogP contribution in [0.2, 0.25) is 0 Å². The maximum atomic E-state index is 13.0. The van der Waals surface area contributed by atoms with Gasteiger partial charge in [-0.2, -0.15) is 0 Å². The number of halogens is 1. The second-order valence-corrected chi connectivity index (χ2v) is 8.41. The summed E-state index contributed by atoms with van der Waals surface area (Å²) in [5.41, 5.74) is 0. The van der Waals surface area contributed by atoms with Crippen molar-refractivity contribution in [2.75, 3.05) is 7.05 Å². The van der Waals surface area contributed by atoms with Crippen molar-refractivity contribution in [2.24, 2.45) is 0 Å². The molecule has 1 aliphatic rings. The standard InChI is InChI=1S/C20H26FN3O3S/c1-13(26-17-11-9-15(21)10-12-17)18-22-23-20(27-18)28-14(2)19(25)24(3)16-7-5-4-6-8-16/h9-14,16H,4-8H2,1-3H3/t13-,14-/m1/s1. The molecule has 1 aromatic heterocycles. The van der Waals surface area contributed by atoms with E-state index in [2.05, 4.69) is 10.2 Å². The number of hydrogen-bond acceptors (Lipinski definition) is 6. The van der Waals surface area contributed by atoms with E-state index in [0.717, 1.165) is 12.8 Å². The number of thioether (sulfide) groups is 1. The molecule has 2 atom stereocenters. The van der Waals surface area contributed by atoms with Gasteiger partial charge < -0.3 is 14.1 Å². The Morgan fingerprint density at radius 3 is 2.57 bits per heavy atom. The van der Waals surface area contributed by atoms with Gasteiger partial charge in [0.2, 0.25) is 5.91 Å². The van der Waals surface area contributed by atoms with Gasteiger partial charge in [0.05, 0.1) is 5.25 Å². The third kappa shape index (κ3) is 5.25. The number of amides is 1. The Kier molecular flexibility index (Phi) is 6.93. The van der Waals surface area contributed by atoms with Gasteiger partial charge in [-0.15, -0.1) is 10.2 Å². The highest BCUT2D eigenvalue weighted by molar-refractivity contribution is 8.00. The molecule has 0 aliphatic heterocycles. The van der Waals surface area contributed by atoms with Crippen LogP contribution in [0.5, 0.6) is 5.75 Å². The molecule has 0 N–H and O–H groups in total. The summed E-state index contributed by atoms with van der Waals surface area (Å²) >= 11 is 1.25. The molecule has 8 heteroatoms. The molecule has 6 nitrogen and oxygen atoms in total. The van der Waals surface area contributed by atoms with Crippen LogP contribution in [-0.4, -0.2) is 39.3 Å². The second-order valence-electron chi connectivity index (χ2n) is 7.12. The minimum absolute atomic E-state index is 0.0762. The molecule has 3 rings (SSSR count). The van der Waals surface area contributed by atoms with Crippen molar-refractivity contribution in [3.05, 3.63) is 36.0 Å². The number of ether oxygens (including phenoxy) is 1. The first kappa shape index (κ1) is 20.6. The molecule has 0 saturated heterocycles. The predicted octanol–water partition coefficient (Wildman–Crippen LogP) is 4.62. The number of hydrogen-bond donors (Lipinski definition) is 0. The lowest BCUT2D eigenvalue weighted by atomic mass is 9.94. The highest BCUT2D eigenvalue weighted by Crippen LogP contribution is 2.29. The molecule has 0 unspecified atom stereocenters. The summed E-state index contributed by atoms with van der Waals surface area (Å²) in [7, 11) is 1.88. The molecule has 0 spiro atoms. The SMILES string of the molecule is C[C@@H](Sc1nnc([C@@H](C)Oc2ccc(F)cc2)o1)C(=O)N(C)C1CCCCC1. The van der Waals surface area contributed by atoms with E-state index in [9.17, 15) is 9.18 Å². The van der Waals surface area contributed by atoms with Crippen LogP contribution in [-0.2, 0) is 4.79 Å². The number of rotatable bonds is 7. The fourth-order valence-electron chi connectivity index (χ4n) is 3.34. The maximum Gasteiger partial charge on any atom is 0.277 e. The summed E-state index contributed by atoms with van der Waals surface area (Å²) in [5, 5.41) is 8.06. The van der Waals surface area contributed by atoms with E-state index >= 15 is 0 Å². The summed E-state index contributed by atoms with van der Waals surface area (Å²) in [6, 6.07) is 6.06. The zero-order valence-corrected chi connectivity index (χ0v) is 17.2. The van der Waals surface area contributed by atoms with Crippen molar-refractivity contribution < 1.29 is 18.3 Å². The summed E-state index contributed by atoms with van der Waals surface area (Å²) in [6.07, 6.45) is 5.28. The van der Waals surface area contributed by atoms with Gasteiger partial charge in [-0.05, 0) is 51.0 Å². The van der Waals surface area contributed by atoms with Gasteiger partial charge in [-0.1, -0.05) is 31.0 Å². The lowest BCUT2D eigenvalue weighted by Crippen LogP contribution is -2.42. The predicted molar refractivity (Wildman–Crippen MR) is 105 cm³/mol. The van der Waals surface area contributed by atoms with Crippen molar-refractivity contribution in [3.8, 4) is 5.75 Å². The fourth-order valence-corrected chi connectivity index (χ4v) is 4.13. The molecule has 1 fully saturated rings. The Morgan fingerprint density at radius 1 is 1.21 bits per heavy atom. The number of carbonyl (C=O) groups is 1. The Hall–Kier alpha value is -2.09. The van der Waals surface area contributed by atoms with E-state index in [1.807, 2.05) is 18.9 Å². The Balaban J connectivity index is 1.55. The van der Waals surface area contributed by atoms with Crippen LogP contribution in [0.1, 0.15) is 57.9 Å². The van der Waals surface area contributed by atoms with Crippen LogP contribution >= 0.6 is 11.8 Å². The molecule has 1 aliphatic carbocycles. The first-order chi connectivity index (χ1) is 13.4. The molecule has 2 aromatic rings. The average Bonchev–Trinajstić information content (AvgIpc) is 3.18. The average molecular weight is 408 g/mol. The van der Waals surface area contributed by atoms with E-state index in [0.29, 0.717) is 22.9 Å². The van der Waals surface area contributed by atoms with Crippen LogP contribution in [0.25, 0.3) is 0 Å². The topological polar surface area (TPSA) is 68.5 Å². The zero-order chi connectivity index (χ0) is 20.1. The van der Waals surface area contributed by atoms with Crippen LogP contribution < -0.4 is 4.74 Å². The summed E-state index contributed by atoms with van der Waals surface area (Å²) in [6.45, 7) is 3.63. The number of benzene rings is 1. The monoisotopic (exact) mass is 407 g/mol. The van der Waals surface area contributed by atoms with E-state index in [4.69, 9.17) is 9.15 Å². The van der Waals surface area contributed by atoms with Crippen molar-refractivity contribution in [1.29, 1.82) is 0 Å². The van der Waals surface area contributed by atoms with E-state index in [-0.39, 0.29) is 17.0 Å². The minimum Gasteiger partial charge on any atom is -0.481 e. The summed E-state index contributed by atoms with van der Waals surface area (Å²) < 4.78 is 24.3. The highest BCUT2D eigenvalue weighted by Gasteiger charge is 2.27. The van der Waals surface area contributed by atoms with Crippen molar-refractivity contribution >= 4 is 17.7 Å². The van der Waals surface area contributed by atoms with Gasteiger partial charge in [0.25, 0.3) is 11.1 Å². The van der Waals surface area contributed by atoms with Gasteiger partial charge in [-0.3, -0.25) is 4.79 Å². The number of nitrogens with zero attached hydrogens (tertiary/aromatic N) is 3. The Labute approximate surface area is 168 Å². The van der Waals surface area contributed by atoms with Crippen molar-refractivity contribution in [1.82, 2.24) is 15.1 Å². The molecule has 1 aromatic carbocycles. The zero-order valence-electron chi connectivity index (χ0n) is 16.4. The van der Waals surface area contributed by atoms with E-state index in [1.54, 1.807) is 19.1 Å². The van der Waals surface area contributed by atoms with Crippen molar-refractivity contribution in [3.63, 3.8) is 0 Å². The molecule has 28 heavy (non-hydrogen) atoms. The van der Waals surface area contributed by atoms with Crippen LogP contribution in [0.4, 0.5) is 4.39 Å². The van der Waals surface area contributed by atoms with Crippen LogP contribution in [0.3, 0.4) is 0 Å². The first-order valence-corrected chi connectivity index (χ1v) is 10.5. The molecule has 152 valence electrons. The van der Waals surface area contributed by atoms with Crippen molar-refractivity contribution in [2.45, 2.75) is 68.6 Å². The van der Waals surface area contributed by atoms with E-state index < -0.39 is 6.10 Å². The number of aromatic nitrogens is 2. The first-order valence-electron chi connectivity index (χ1n) is 9.63. The highest BCUT2D eigenvalue weighted by atomic mass is 32.2. The maximum absolute atomic E-state index is 13.0. The fraction of sp³-hybridized carbons (Fsp3) is 0.550. The largest absolute Gasteiger partial charge is 0.481 e. The molecular weight excluding hydrogens is 381 g/mol. The van der Waals surface area contributed by atoms with Gasteiger partial charge in [0.1, 0.15) is 11.6 Å². The third-order valence-electron chi connectivity index (χ3n) is 4.99. The van der Waals surface area contributed by atoms with Crippen LogP contribution in [0, 0.1) is 5.82 Å². The summed E-state index contributed by atoms with van der Waals surface area (Å²) in [4.78, 5) is 14.6. The molecule has 1 amide bonds. The smallest absolute Gasteiger partial charge is 0.277 e. The molecule has 1 saturated carbocycles. The number of carbonyl (C=O) groups excluding carboxylic acids is 1. The lowest BCUT2D eigenvalue weighted by molar-refractivity contribution is -0.131. The van der Waals surface area contributed by atoms with Gasteiger partial charge in [0.15, 0.2) is 6.10 Å². The molecule has 0 radical (unpaired) electrons. The quantitative estimate of drug-likeness (QED) is 0.624. The molecule has 1 heterocycles. The van der Waals surface area contributed by atoms with Gasteiger partial charge in [-0.25, -0.2) is 4.39 Å². The molecule has 0 bridgehead atoms. The third-order valence-corrected chi connectivity index (χ3v) is 5.91. The van der Waals surface area contributed by atoms with Crippen LogP contribution in [0.15, 0.2) is 33.9 Å². The van der Waals surface area contributed by atoms with Gasteiger partial charge >= 0.3 is 0 Å². The normalized spacial score (nSPS) is 17.1. The Morgan fingerprint density at radius 2 is 1.89 bits per heavy atom. The Bertz CT molecular complexity index is 777. The minimum atomic E-state index is -0.483. The van der Waals surface area contributed by atoms with Gasteiger partial charge in [0, 0.05) is 13.1 Å².